The number of carbonyl (C=O) groups is 1. The molecule has 1 aromatic heterocycles. The van der Waals surface area contributed by atoms with Gasteiger partial charge in [-0.2, -0.15) is 0 Å². The summed E-state index contributed by atoms with van der Waals surface area (Å²) in [6, 6.07) is 19.4. The monoisotopic (exact) mass is 388 g/mol. The molecule has 0 radical (unpaired) electrons. The largest absolute Gasteiger partial charge is 0.338 e. The highest BCUT2D eigenvalue weighted by Gasteiger charge is 2.30. The Morgan fingerprint density at radius 3 is 2.31 bits per heavy atom. The first kappa shape index (κ1) is 19.0. The average molecular weight is 388 g/mol. The maximum atomic E-state index is 13.3. The number of nitrogens with zero attached hydrogens (tertiary/aromatic N) is 6. The van der Waals surface area contributed by atoms with E-state index in [0.717, 1.165) is 25.2 Å². The van der Waals surface area contributed by atoms with Gasteiger partial charge < -0.3 is 4.90 Å². The number of hydrogen-bond acceptors (Lipinski definition) is 5. The predicted molar refractivity (Wildman–Crippen MR) is 111 cm³/mol. The van der Waals surface area contributed by atoms with Crippen LogP contribution in [0.2, 0.25) is 0 Å². The third-order valence-corrected chi connectivity index (χ3v) is 5.14. The van der Waals surface area contributed by atoms with E-state index < -0.39 is 6.04 Å². The van der Waals surface area contributed by atoms with Crippen LogP contribution in [0.15, 0.2) is 73.1 Å². The molecule has 1 saturated heterocycles. The molecule has 0 N–H and O–H groups in total. The number of carbonyl (C=O) groups excluding carboxylic acids is 1. The first-order chi connectivity index (χ1) is 14.3. The smallest absolute Gasteiger partial charge is 0.252 e. The second kappa shape index (κ2) is 9.25. The van der Waals surface area contributed by atoms with E-state index in [1.807, 2.05) is 53.4 Å². The number of rotatable bonds is 6. The summed E-state index contributed by atoms with van der Waals surface area (Å²) in [6.45, 7) is 3.98. The Morgan fingerprint density at radius 1 is 0.966 bits per heavy atom. The minimum atomic E-state index is -0.532. The van der Waals surface area contributed by atoms with Gasteiger partial charge in [-0.15, -0.1) is 5.10 Å². The predicted octanol–water partition coefficient (Wildman–Crippen LogP) is 2.12. The minimum absolute atomic E-state index is 0.0305. The fraction of sp³-hybridized carbons (Fsp3) is 0.273. The zero-order valence-electron chi connectivity index (χ0n) is 16.2. The van der Waals surface area contributed by atoms with Crippen molar-refractivity contribution in [2.24, 2.45) is 0 Å². The molecule has 1 fully saturated rings. The van der Waals surface area contributed by atoms with Crippen LogP contribution in [-0.2, 0) is 4.79 Å². The summed E-state index contributed by atoms with van der Waals surface area (Å²) in [4.78, 5) is 17.6. The van der Waals surface area contributed by atoms with Crippen LogP contribution in [0.5, 0.6) is 0 Å². The molecular weight excluding hydrogens is 364 g/mol. The standard InChI is InChI=1S/C22H24N6O/c29-22(21(28-18-23-24-25-28)20-11-5-2-6-12-20)27-16-14-26(15-17-27)13-7-10-19-8-3-1-4-9-19/h1-12,18,21H,13-17H2/b10-7+/t21-/m0/s1. The number of aromatic nitrogens is 4. The summed E-state index contributed by atoms with van der Waals surface area (Å²) in [5.74, 6) is 0.0305. The van der Waals surface area contributed by atoms with Gasteiger partial charge in [0.1, 0.15) is 6.33 Å². The van der Waals surface area contributed by atoms with E-state index in [-0.39, 0.29) is 5.91 Å². The first-order valence-corrected chi connectivity index (χ1v) is 9.81. The molecule has 4 rings (SSSR count). The summed E-state index contributed by atoms with van der Waals surface area (Å²) in [7, 11) is 0. The Bertz CT molecular complexity index is 918. The molecule has 0 saturated carbocycles. The number of piperazine rings is 1. The lowest BCUT2D eigenvalue weighted by molar-refractivity contribution is -0.135. The van der Waals surface area contributed by atoms with E-state index in [2.05, 4.69) is 44.7 Å². The third-order valence-electron chi connectivity index (χ3n) is 5.14. The maximum absolute atomic E-state index is 13.3. The van der Waals surface area contributed by atoms with Gasteiger partial charge in [-0.3, -0.25) is 9.69 Å². The SMILES string of the molecule is O=C([C@H](c1ccccc1)n1cnnn1)N1CCN(C/C=C/c2ccccc2)CC1. The van der Waals surface area contributed by atoms with Gasteiger partial charge in [0.2, 0.25) is 0 Å². The van der Waals surface area contributed by atoms with Crippen molar-refractivity contribution in [1.82, 2.24) is 30.0 Å². The summed E-state index contributed by atoms with van der Waals surface area (Å²) in [6.07, 6.45) is 5.82. The molecule has 1 aliphatic heterocycles. The Balaban J connectivity index is 1.37. The van der Waals surface area contributed by atoms with Gasteiger partial charge in [0, 0.05) is 32.7 Å². The van der Waals surface area contributed by atoms with Crippen LogP contribution < -0.4 is 0 Å². The lowest BCUT2D eigenvalue weighted by Gasteiger charge is -2.35. The highest BCUT2D eigenvalue weighted by atomic mass is 16.2. The molecule has 7 heteroatoms. The van der Waals surface area contributed by atoms with Crippen molar-refractivity contribution in [1.29, 1.82) is 0 Å². The molecular formula is C22H24N6O. The van der Waals surface area contributed by atoms with Crippen molar-refractivity contribution in [2.45, 2.75) is 6.04 Å². The van der Waals surface area contributed by atoms with E-state index in [1.165, 1.54) is 16.6 Å². The number of tetrazole rings is 1. The van der Waals surface area contributed by atoms with Gasteiger partial charge in [0.15, 0.2) is 6.04 Å². The molecule has 2 heterocycles. The lowest BCUT2D eigenvalue weighted by atomic mass is 10.1. The molecule has 0 bridgehead atoms. The molecule has 7 nitrogen and oxygen atoms in total. The van der Waals surface area contributed by atoms with E-state index in [1.54, 1.807) is 0 Å². The molecule has 0 aliphatic carbocycles. The van der Waals surface area contributed by atoms with Gasteiger partial charge in [-0.05, 0) is 21.6 Å². The quantitative estimate of drug-likeness (QED) is 0.647. The van der Waals surface area contributed by atoms with E-state index in [9.17, 15) is 4.79 Å². The molecule has 0 spiro atoms. The summed E-state index contributed by atoms with van der Waals surface area (Å²) < 4.78 is 1.53. The van der Waals surface area contributed by atoms with Crippen LogP contribution in [0.1, 0.15) is 17.2 Å². The zero-order chi connectivity index (χ0) is 19.9. The zero-order valence-corrected chi connectivity index (χ0v) is 16.2. The van der Waals surface area contributed by atoms with Crippen molar-refractivity contribution in [2.75, 3.05) is 32.7 Å². The highest BCUT2D eigenvalue weighted by Crippen LogP contribution is 2.20. The van der Waals surface area contributed by atoms with E-state index in [0.29, 0.717) is 13.1 Å². The average Bonchev–Trinajstić information content (AvgIpc) is 3.30. The van der Waals surface area contributed by atoms with Gasteiger partial charge in [-0.25, -0.2) is 4.68 Å². The van der Waals surface area contributed by atoms with E-state index in [4.69, 9.17) is 0 Å². The van der Waals surface area contributed by atoms with Crippen molar-refractivity contribution in [3.8, 4) is 0 Å². The fourth-order valence-electron chi connectivity index (χ4n) is 3.56. The van der Waals surface area contributed by atoms with Crippen molar-refractivity contribution in [3.05, 3.63) is 84.2 Å². The number of benzene rings is 2. The first-order valence-electron chi connectivity index (χ1n) is 9.81. The molecule has 148 valence electrons. The Hall–Kier alpha value is -3.32. The minimum Gasteiger partial charge on any atom is -0.338 e. The summed E-state index contributed by atoms with van der Waals surface area (Å²) in [5.41, 5.74) is 2.09. The Morgan fingerprint density at radius 2 is 1.66 bits per heavy atom. The van der Waals surface area contributed by atoms with Gasteiger partial charge in [-0.1, -0.05) is 72.8 Å². The maximum Gasteiger partial charge on any atom is 0.252 e. The van der Waals surface area contributed by atoms with E-state index >= 15 is 0 Å². The van der Waals surface area contributed by atoms with Gasteiger partial charge in [0.25, 0.3) is 5.91 Å². The molecule has 1 aliphatic rings. The molecule has 3 aromatic rings. The normalized spacial score (nSPS) is 16.2. The van der Waals surface area contributed by atoms with Crippen LogP contribution in [0.3, 0.4) is 0 Å². The fourth-order valence-corrected chi connectivity index (χ4v) is 3.56. The number of hydrogen-bond donors (Lipinski definition) is 0. The lowest BCUT2D eigenvalue weighted by Crippen LogP contribution is -2.50. The van der Waals surface area contributed by atoms with Crippen LogP contribution >= 0.6 is 0 Å². The Labute approximate surface area is 170 Å². The summed E-state index contributed by atoms with van der Waals surface area (Å²) >= 11 is 0. The molecule has 1 atom stereocenters. The topological polar surface area (TPSA) is 67.2 Å². The van der Waals surface area contributed by atoms with Crippen LogP contribution in [0.4, 0.5) is 0 Å². The summed E-state index contributed by atoms with van der Waals surface area (Å²) in [5, 5.41) is 11.4. The van der Waals surface area contributed by atoms with Crippen LogP contribution in [0, 0.1) is 0 Å². The molecule has 29 heavy (non-hydrogen) atoms. The van der Waals surface area contributed by atoms with Gasteiger partial charge >= 0.3 is 0 Å². The molecule has 2 aromatic carbocycles. The molecule has 0 unspecified atom stereocenters. The van der Waals surface area contributed by atoms with Crippen LogP contribution in [0.25, 0.3) is 6.08 Å². The molecule has 1 amide bonds. The van der Waals surface area contributed by atoms with Gasteiger partial charge in [0.05, 0.1) is 0 Å². The Kier molecular flexibility index (Phi) is 6.07. The second-order valence-corrected chi connectivity index (χ2v) is 7.04. The van der Waals surface area contributed by atoms with Crippen LogP contribution in [-0.4, -0.2) is 68.6 Å². The highest BCUT2D eigenvalue weighted by molar-refractivity contribution is 5.83. The third kappa shape index (κ3) is 4.75. The number of amides is 1. The van der Waals surface area contributed by atoms with Crippen molar-refractivity contribution < 1.29 is 4.79 Å². The second-order valence-electron chi connectivity index (χ2n) is 7.04. The van der Waals surface area contributed by atoms with Crippen molar-refractivity contribution in [3.63, 3.8) is 0 Å². The van der Waals surface area contributed by atoms with Crippen molar-refractivity contribution >= 4 is 12.0 Å².